The van der Waals surface area contributed by atoms with Gasteiger partial charge in [-0.3, -0.25) is 9.59 Å². The van der Waals surface area contributed by atoms with Gasteiger partial charge in [0.05, 0.1) is 17.1 Å². The van der Waals surface area contributed by atoms with Gasteiger partial charge in [-0.2, -0.15) is 4.31 Å². The first-order valence-corrected chi connectivity index (χ1v) is 13.3. The molecule has 0 saturated heterocycles. The Hall–Kier alpha value is -3.57. The second-order valence-corrected chi connectivity index (χ2v) is 11.9. The van der Waals surface area contributed by atoms with E-state index in [1.807, 2.05) is 55.7 Å². The van der Waals surface area contributed by atoms with Crippen molar-refractivity contribution in [1.82, 2.24) is 24.5 Å². The Kier molecular flexibility index (Phi) is 7.20. The highest BCUT2D eigenvalue weighted by Gasteiger charge is 2.37. The zero-order chi connectivity index (χ0) is 27.0. The summed E-state index contributed by atoms with van der Waals surface area (Å²) in [7, 11) is -2.46. The standard InChI is InChI=1S/C26H30FN5O4S/c1-26(2,3)22(25(34)28-4)30-24(33)21-20-16-31(37(35,36)19-12-10-18(27)11-13-19)14-15-32(20)23(29-21)17-8-6-5-7-9-17/h5-13,22H,14-16H2,1-4H3,(H,28,34)(H,30,33)/t22-/m1/s1. The third kappa shape index (κ3) is 5.28. The van der Waals surface area contributed by atoms with Gasteiger partial charge in [0.2, 0.25) is 15.9 Å². The number of rotatable bonds is 6. The topological polar surface area (TPSA) is 113 Å². The number of imidazole rings is 1. The van der Waals surface area contributed by atoms with Crippen LogP contribution in [0.25, 0.3) is 11.4 Å². The second-order valence-electron chi connectivity index (χ2n) is 9.93. The summed E-state index contributed by atoms with van der Waals surface area (Å²) in [6.07, 6.45) is 0. The molecule has 3 aromatic rings. The zero-order valence-corrected chi connectivity index (χ0v) is 22.0. The number of carbonyl (C=O) groups excluding carboxylic acids is 2. The Bertz CT molecular complexity index is 1410. The van der Waals surface area contributed by atoms with E-state index >= 15 is 0 Å². The minimum Gasteiger partial charge on any atom is -0.357 e. The molecule has 9 nitrogen and oxygen atoms in total. The summed E-state index contributed by atoms with van der Waals surface area (Å²) >= 11 is 0. The predicted octanol–water partition coefficient (Wildman–Crippen LogP) is 2.78. The molecule has 0 fully saturated rings. The fourth-order valence-electron chi connectivity index (χ4n) is 4.31. The molecule has 196 valence electrons. The monoisotopic (exact) mass is 527 g/mol. The van der Waals surface area contributed by atoms with Crippen molar-refractivity contribution in [3.8, 4) is 11.4 Å². The van der Waals surface area contributed by atoms with Crippen molar-refractivity contribution in [3.05, 3.63) is 71.8 Å². The quantitative estimate of drug-likeness (QED) is 0.512. The molecule has 0 radical (unpaired) electrons. The van der Waals surface area contributed by atoms with Crippen molar-refractivity contribution in [2.45, 2.75) is 44.8 Å². The lowest BCUT2D eigenvalue weighted by Gasteiger charge is -2.30. The molecule has 1 aromatic heterocycles. The summed E-state index contributed by atoms with van der Waals surface area (Å²) < 4.78 is 43.1. The first-order valence-electron chi connectivity index (χ1n) is 11.9. The van der Waals surface area contributed by atoms with E-state index in [0.717, 1.165) is 17.7 Å². The Labute approximate surface area is 215 Å². The van der Waals surface area contributed by atoms with Crippen LogP contribution in [0.5, 0.6) is 0 Å². The lowest BCUT2D eigenvalue weighted by atomic mass is 9.86. The summed E-state index contributed by atoms with van der Waals surface area (Å²) in [5.41, 5.74) is 0.653. The van der Waals surface area contributed by atoms with Gasteiger partial charge in [-0.1, -0.05) is 51.1 Å². The molecule has 2 N–H and O–H groups in total. The number of halogens is 1. The van der Waals surface area contributed by atoms with Crippen LogP contribution in [-0.2, 0) is 27.9 Å². The second kappa shape index (κ2) is 10.1. The number of likely N-dealkylation sites (N-methyl/N-ethyl adjacent to an activating group) is 1. The minimum absolute atomic E-state index is 0.0384. The number of sulfonamides is 1. The SMILES string of the molecule is CNC(=O)[C@@H](NC(=O)c1nc(-c2ccccc2)n2c1CN(S(=O)(=O)c1ccc(F)cc1)CC2)C(C)(C)C. The van der Waals surface area contributed by atoms with Crippen LogP contribution in [0.2, 0.25) is 0 Å². The molecule has 37 heavy (non-hydrogen) atoms. The van der Waals surface area contributed by atoms with E-state index < -0.39 is 33.2 Å². The predicted molar refractivity (Wildman–Crippen MR) is 136 cm³/mol. The van der Waals surface area contributed by atoms with Crippen LogP contribution in [0.4, 0.5) is 4.39 Å². The molecule has 2 amide bonds. The summed E-state index contributed by atoms with van der Waals surface area (Å²) in [4.78, 5) is 30.7. The Balaban J connectivity index is 1.76. The molecule has 2 heterocycles. The number of aromatic nitrogens is 2. The number of nitrogens with zero attached hydrogens (tertiary/aromatic N) is 3. The highest BCUT2D eigenvalue weighted by molar-refractivity contribution is 7.89. The molecule has 11 heteroatoms. The Morgan fingerprint density at radius 3 is 2.27 bits per heavy atom. The fourth-order valence-corrected chi connectivity index (χ4v) is 5.71. The summed E-state index contributed by atoms with van der Waals surface area (Å²) in [5, 5.41) is 5.37. The molecule has 0 aliphatic carbocycles. The zero-order valence-electron chi connectivity index (χ0n) is 21.2. The van der Waals surface area contributed by atoms with Crippen molar-refractivity contribution >= 4 is 21.8 Å². The summed E-state index contributed by atoms with van der Waals surface area (Å²) in [5.74, 6) is -0.924. The van der Waals surface area contributed by atoms with Gasteiger partial charge in [0, 0.05) is 25.7 Å². The molecular formula is C26H30FN5O4S. The largest absolute Gasteiger partial charge is 0.357 e. The van der Waals surface area contributed by atoms with Crippen molar-refractivity contribution in [2.75, 3.05) is 13.6 Å². The van der Waals surface area contributed by atoms with Gasteiger partial charge in [-0.25, -0.2) is 17.8 Å². The Morgan fingerprint density at radius 1 is 1.03 bits per heavy atom. The first-order chi connectivity index (χ1) is 17.4. The van der Waals surface area contributed by atoms with E-state index in [-0.39, 0.29) is 36.1 Å². The Morgan fingerprint density at radius 2 is 1.68 bits per heavy atom. The fraction of sp³-hybridized carbons (Fsp3) is 0.346. The van der Waals surface area contributed by atoms with Crippen molar-refractivity contribution in [1.29, 1.82) is 0 Å². The van der Waals surface area contributed by atoms with E-state index in [1.54, 1.807) is 0 Å². The van der Waals surface area contributed by atoms with E-state index in [0.29, 0.717) is 11.5 Å². The van der Waals surface area contributed by atoms with Gasteiger partial charge in [0.25, 0.3) is 5.91 Å². The van der Waals surface area contributed by atoms with Gasteiger partial charge < -0.3 is 15.2 Å². The van der Waals surface area contributed by atoms with Crippen molar-refractivity contribution in [2.24, 2.45) is 5.41 Å². The molecule has 4 rings (SSSR count). The van der Waals surface area contributed by atoms with Crippen LogP contribution in [0, 0.1) is 11.2 Å². The normalized spacial score (nSPS) is 15.1. The average Bonchev–Trinajstić information content (AvgIpc) is 3.26. The number of hydrogen-bond acceptors (Lipinski definition) is 5. The van der Waals surface area contributed by atoms with Crippen LogP contribution in [0.1, 0.15) is 37.0 Å². The lowest BCUT2D eigenvalue weighted by molar-refractivity contribution is -0.124. The summed E-state index contributed by atoms with van der Waals surface area (Å²) in [6.45, 7) is 5.81. The third-order valence-corrected chi connectivity index (χ3v) is 8.18. The number of carbonyl (C=O) groups is 2. The van der Waals surface area contributed by atoms with E-state index in [2.05, 4.69) is 15.6 Å². The number of amides is 2. The van der Waals surface area contributed by atoms with Crippen molar-refractivity contribution in [3.63, 3.8) is 0 Å². The molecule has 0 saturated carbocycles. The maximum absolute atomic E-state index is 13.5. The summed E-state index contributed by atoms with van der Waals surface area (Å²) in [6, 6.07) is 13.1. The highest BCUT2D eigenvalue weighted by Crippen LogP contribution is 2.30. The molecule has 1 aliphatic heterocycles. The minimum atomic E-state index is -3.95. The van der Waals surface area contributed by atoms with Crippen LogP contribution < -0.4 is 10.6 Å². The lowest BCUT2D eigenvalue weighted by Crippen LogP contribution is -2.53. The molecule has 0 bridgehead atoms. The van der Waals surface area contributed by atoms with Gasteiger partial charge in [0.1, 0.15) is 17.7 Å². The van der Waals surface area contributed by atoms with Crippen LogP contribution in [0.15, 0.2) is 59.5 Å². The van der Waals surface area contributed by atoms with Crippen LogP contribution >= 0.6 is 0 Å². The number of hydrogen-bond donors (Lipinski definition) is 2. The van der Waals surface area contributed by atoms with Gasteiger partial charge >= 0.3 is 0 Å². The molecule has 0 unspecified atom stereocenters. The number of nitrogens with one attached hydrogen (secondary N) is 2. The van der Waals surface area contributed by atoms with E-state index in [9.17, 15) is 22.4 Å². The third-order valence-electron chi connectivity index (χ3n) is 6.32. The molecule has 1 atom stereocenters. The number of fused-ring (bicyclic) bond motifs is 1. The van der Waals surface area contributed by atoms with Gasteiger partial charge in [0.15, 0.2) is 5.69 Å². The van der Waals surface area contributed by atoms with Gasteiger partial charge in [-0.05, 0) is 29.7 Å². The van der Waals surface area contributed by atoms with Crippen molar-refractivity contribution < 1.29 is 22.4 Å². The van der Waals surface area contributed by atoms with Crippen LogP contribution in [-0.4, -0.2) is 53.7 Å². The highest BCUT2D eigenvalue weighted by atomic mass is 32.2. The first kappa shape index (κ1) is 26.5. The van der Waals surface area contributed by atoms with Crippen LogP contribution in [0.3, 0.4) is 0 Å². The van der Waals surface area contributed by atoms with E-state index in [4.69, 9.17) is 0 Å². The molecule has 2 aromatic carbocycles. The van der Waals surface area contributed by atoms with Gasteiger partial charge in [-0.15, -0.1) is 0 Å². The molecule has 0 spiro atoms. The van der Waals surface area contributed by atoms with E-state index in [1.165, 1.54) is 23.5 Å². The average molecular weight is 528 g/mol. The maximum Gasteiger partial charge on any atom is 0.272 e. The molecular weight excluding hydrogens is 497 g/mol. The number of benzene rings is 2. The maximum atomic E-state index is 13.5. The molecule has 1 aliphatic rings. The smallest absolute Gasteiger partial charge is 0.272 e.